The fourth-order valence-electron chi connectivity index (χ4n) is 3.59. The van der Waals surface area contributed by atoms with Crippen LogP contribution in [0, 0.1) is 6.92 Å². The molecule has 4 aromatic rings. The van der Waals surface area contributed by atoms with Gasteiger partial charge in [0.25, 0.3) is 16.0 Å². The lowest BCUT2D eigenvalue weighted by Crippen LogP contribution is -2.13. The average molecular weight is 560 g/mol. The SMILES string of the molecule is COc1ccc(Cl)cc1NC(=O)c1cc2ccccc2c(N=Nc2cc(Cl)c(C)cc2S(=O)(=O)O)c1O. The standard InChI is InChI=1S/C25H19Cl2N3O6S/c1-13-9-22(37(33,34)35)20(12-18(13)27)29-30-23-16-6-4-3-5-14(16)10-17(24(23)31)25(32)28-19-11-15(26)7-8-21(19)36-2/h3-12,31H,1-2H3,(H,28,32)(H,33,34,35). The largest absolute Gasteiger partial charge is 0.505 e. The molecule has 190 valence electrons. The maximum absolute atomic E-state index is 13.2. The van der Waals surface area contributed by atoms with Crippen LogP contribution in [0.25, 0.3) is 10.8 Å². The lowest BCUT2D eigenvalue weighted by Gasteiger charge is -2.13. The van der Waals surface area contributed by atoms with E-state index in [1.807, 2.05) is 0 Å². The quantitative estimate of drug-likeness (QED) is 0.170. The van der Waals surface area contributed by atoms with Gasteiger partial charge in [0.2, 0.25) is 0 Å². The van der Waals surface area contributed by atoms with Crippen LogP contribution < -0.4 is 10.1 Å². The zero-order valence-corrected chi connectivity index (χ0v) is 21.7. The van der Waals surface area contributed by atoms with Crippen molar-refractivity contribution in [3.8, 4) is 11.5 Å². The van der Waals surface area contributed by atoms with Gasteiger partial charge in [0.05, 0.1) is 18.4 Å². The number of azo groups is 1. The predicted molar refractivity (Wildman–Crippen MR) is 142 cm³/mol. The average Bonchev–Trinajstić information content (AvgIpc) is 2.84. The van der Waals surface area contributed by atoms with Crippen LogP contribution in [0.4, 0.5) is 17.1 Å². The number of benzene rings is 4. The maximum Gasteiger partial charge on any atom is 0.296 e. The summed E-state index contributed by atoms with van der Waals surface area (Å²) in [6.45, 7) is 1.56. The topological polar surface area (TPSA) is 138 Å². The van der Waals surface area contributed by atoms with Crippen molar-refractivity contribution in [2.75, 3.05) is 12.4 Å². The van der Waals surface area contributed by atoms with Gasteiger partial charge in [-0.25, -0.2) is 0 Å². The van der Waals surface area contributed by atoms with Gasteiger partial charge in [-0.2, -0.15) is 8.42 Å². The molecule has 0 unspecified atom stereocenters. The van der Waals surface area contributed by atoms with Crippen molar-refractivity contribution in [1.29, 1.82) is 0 Å². The molecule has 12 heteroatoms. The number of hydrogen-bond acceptors (Lipinski definition) is 7. The van der Waals surface area contributed by atoms with E-state index >= 15 is 0 Å². The van der Waals surface area contributed by atoms with Gasteiger partial charge in [-0.1, -0.05) is 47.5 Å². The van der Waals surface area contributed by atoms with Crippen molar-refractivity contribution < 1.29 is 27.6 Å². The van der Waals surface area contributed by atoms with Gasteiger partial charge in [0.1, 0.15) is 22.0 Å². The van der Waals surface area contributed by atoms with Crippen molar-refractivity contribution in [1.82, 2.24) is 0 Å². The Morgan fingerprint density at radius 3 is 2.46 bits per heavy atom. The second-order valence-electron chi connectivity index (χ2n) is 7.89. The molecule has 4 rings (SSSR count). The summed E-state index contributed by atoms with van der Waals surface area (Å²) in [7, 11) is -3.22. The van der Waals surface area contributed by atoms with Crippen molar-refractivity contribution in [3.63, 3.8) is 0 Å². The number of methoxy groups -OCH3 is 1. The van der Waals surface area contributed by atoms with E-state index in [0.29, 0.717) is 27.1 Å². The summed E-state index contributed by atoms with van der Waals surface area (Å²) in [5, 5.41) is 23.3. The lowest BCUT2D eigenvalue weighted by atomic mass is 10.0. The molecule has 0 aliphatic carbocycles. The highest BCUT2D eigenvalue weighted by Gasteiger charge is 2.21. The summed E-state index contributed by atoms with van der Waals surface area (Å²) in [5.74, 6) is -0.836. The molecule has 4 aromatic carbocycles. The number of nitrogens with one attached hydrogen (secondary N) is 1. The van der Waals surface area contributed by atoms with E-state index in [2.05, 4.69) is 15.5 Å². The second-order valence-corrected chi connectivity index (χ2v) is 10.1. The third-order valence-electron chi connectivity index (χ3n) is 5.43. The van der Waals surface area contributed by atoms with Crippen LogP contribution in [0.5, 0.6) is 11.5 Å². The number of carbonyl (C=O) groups is 1. The van der Waals surface area contributed by atoms with Gasteiger partial charge < -0.3 is 15.2 Å². The zero-order chi connectivity index (χ0) is 26.9. The molecule has 0 saturated carbocycles. The molecule has 9 nitrogen and oxygen atoms in total. The molecule has 0 heterocycles. The van der Waals surface area contributed by atoms with Gasteiger partial charge in [0.15, 0.2) is 5.75 Å². The number of aromatic hydroxyl groups is 1. The molecule has 0 atom stereocenters. The number of fused-ring (bicyclic) bond motifs is 1. The first kappa shape index (κ1) is 26.4. The molecule has 0 aromatic heterocycles. The molecule has 0 fully saturated rings. The van der Waals surface area contributed by atoms with Crippen LogP contribution in [0.2, 0.25) is 10.0 Å². The van der Waals surface area contributed by atoms with Crippen molar-refractivity contribution in [2.24, 2.45) is 10.2 Å². The summed E-state index contributed by atoms with van der Waals surface area (Å²) in [5.41, 5.74) is 0.200. The zero-order valence-electron chi connectivity index (χ0n) is 19.4. The van der Waals surface area contributed by atoms with Crippen LogP contribution in [0.1, 0.15) is 15.9 Å². The summed E-state index contributed by atoms with van der Waals surface area (Å²) in [6, 6.07) is 15.3. The minimum absolute atomic E-state index is 0.0979. The highest BCUT2D eigenvalue weighted by Crippen LogP contribution is 2.41. The number of amides is 1. The van der Waals surface area contributed by atoms with Gasteiger partial charge in [-0.3, -0.25) is 9.35 Å². The molecule has 0 spiro atoms. The lowest BCUT2D eigenvalue weighted by molar-refractivity contribution is 0.102. The van der Waals surface area contributed by atoms with Crippen molar-refractivity contribution in [3.05, 3.63) is 81.8 Å². The number of rotatable bonds is 6. The molecule has 0 radical (unpaired) electrons. The van der Waals surface area contributed by atoms with Gasteiger partial charge in [-0.15, -0.1) is 10.2 Å². The van der Waals surface area contributed by atoms with E-state index in [0.717, 1.165) is 6.07 Å². The van der Waals surface area contributed by atoms with Crippen LogP contribution in [0.15, 0.2) is 75.8 Å². The normalized spacial score (nSPS) is 11.7. The van der Waals surface area contributed by atoms with E-state index < -0.39 is 26.7 Å². The summed E-state index contributed by atoms with van der Waals surface area (Å²) < 4.78 is 38.7. The van der Waals surface area contributed by atoms with Crippen LogP contribution in [-0.4, -0.2) is 31.1 Å². The fourth-order valence-corrected chi connectivity index (χ4v) is 4.61. The Morgan fingerprint density at radius 1 is 1.03 bits per heavy atom. The number of carbonyl (C=O) groups excluding carboxylic acids is 1. The Bertz CT molecular complexity index is 1690. The predicted octanol–water partition coefficient (Wildman–Crippen LogP) is 7.08. The highest BCUT2D eigenvalue weighted by atomic mass is 35.5. The van der Waals surface area contributed by atoms with Crippen molar-refractivity contribution in [2.45, 2.75) is 11.8 Å². The number of ether oxygens (including phenoxy) is 1. The van der Waals surface area contributed by atoms with Crippen LogP contribution in [-0.2, 0) is 10.1 Å². The number of phenols is 1. The van der Waals surface area contributed by atoms with E-state index in [-0.39, 0.29) is 27.6 Å². The molecule has 0 saturated heterocycles. The molecule has 37 heavy (non-hydrogen) atoms. The van der Waals surface area contributed by atoms with Crippen LogP contribution >= 0.6 is 23.2 Å². The molecule has 1 amide bonds. The maximum atomic E-state index is 13.2. The molecule has 0 bridgehead atoms. The number of nitrogens with zero attached hydrogens (tertiary/aromatic N) is 2. The van der Waals surface area contributed by atoms with Crippen molar-refractivity contribution >= 4 is 67.1 Å². The molecular formula is C25H19Cl2N3O6S. The first-order chi connectivity index (χ1) is 17.5. The second kappa shape index (κ2) is 10.3. The smallest absolute Gasteiger partial charge is 0.296 e. The number of phenolic OH excluding ortho intramolecular Hbond substituents is 1. The molecule has 0 aliphatic heterocycles. The third kappa shape index (κ3) is 5.52. The molecule has 3 N–H and O–H groups in total. The van der Waals surface area contributed by atoms with Gasteiger partial charge in [-0.05, 0) is 54.3 Å². The number of aryl methyl sites for hydroxylation is 1. The number of anilines is 1. The third-order valence-corrected chi connectivity index (χ3v) is 6.95. The van der Waals surface area contributed by atoms with E-state index in [9.17, 15) is 22.9 Å². The Kier molecular flexibility index (Phi) is 7.37. The summed E-state index contributed by atoms with van der Waals surface area (Å²) in [6.07, 6.45) is 0. The Labute approximate surface area is 222 Å². The molecule has 0 aliphatic rings. The monoisotopic (exact) mass is 559 g/mol. The van der Waals surface area contributed by atoms with Gasteiger partial charge in [0, 0.05) is 15.4 Å². The van der Waals surface area contributed by atoms with E-state index in [1.165, 1.54) is 25.3 Å². The summed E-state index contributed by atoms with van der Waals surface area (Å²) >= 11 is 12.2. The van der Waals surface area contributed by atoms with E-state index in [1.54, 1.807) is 43.3 Å². The van der Waals surface area contributed by atoms with Gasteiger partial charge >= 0.3 is 0 Å². The first-order valence-corrected chi connectivity index (χ1v) is 12.8. The Morgan fingerprint density at radius 2 is 1.76 bits per heavy atom. The van der Waals surface area contributed by atoms with E-state index in [4.69, 9.17) is 27.9 Å². The van der Waals surface area contributed by atoms with Crippen LogP contribution in [0.3, 0.4) is 0 Å². The Hall–Kier alpha value is -3.70. The fraction of sp³-hybridized carbons (Fsp3) is 0.0800. The minimum Gasteiger partial charge on any atom is -0.505 e. The minimum atomic E-state index is -4.66. The first-order valence-electron chi connectivity index (χ1n) is 10.6. The number of hydrogen-bond donors (Lipinski definition) is 3. The molecular weight excluding hydrogens is 541 g/mol. The summed E-state index contributed by atoms with van der Waals surface area (Å²) in [4.78, 5) is 12.7. The highest BCUT2D eigenvalue weighted by molar-refractivity contribution is 7.86. The number of halogens is 2. The Balaban J connectivity index is 1.85.